The van der Waals surface area contributed by atoms with Crippen LogP contribution in [0.1, 0.15) is 27.2 Å². The molecule has 0 unspecified atom stereocenters. The minimum atomic E-state index is -0.874. The number of carboxylic acid groups (broad SMARTS) is 1. The van der Waals surface area contributed by atoms with Gasteiger partial charge in [-0.05, 0) is 36.6 Å². The van der Waals surface area contributed by atoms with Crippen LogP contribution in [0.3, 0.4) is 0 Å². The molecule has 2 rings (SSSR count). The van der Waals surface area contributed by atoms with E-state index in [0.29, 0.717) is 12.2 Å². The van der Waals surface area contributed by atoms with Gasteiger partial charge in [-0.2, -0.15) is 0 Å². The fourth-order valence-corrected chi connectivity index (χ4v) is 1.98. The Hall–Kier alpha value is -2.03. The molecule has 0 bridgehead atoms. The van der Waals surface area contributed by atoms with Gasteiger partial charge < -0.3 is 9.67 Å². The van der Waals surface area contributed by atoms with Crippen LogP contribution in [-0.2, 0) is 6.54 Å². The maximum atomic E-state index is 11.2. The molecule has 0 spiro atoms. The third-order valence-electron chi connectivity index (χ3n) is 2.97. The van der Waals surface area contributed by atoms with Crippen LogP contribution in [0, 0.1) is 13.8 Å². The Morgan fingerprint density at radius 1 is 1.18 bits per heavy atom. The summed E-state index contributed by atoms with van der Waals surface area (Å²) in [4.78, 5) is 11.2. The molecular formula is C14H15NO2. The fourth-order valence-electron chi connectivity index (χ4n) is 1.98. The third-order valence-corrected chi connectivity index (χ3v) is 2.97. The lowest BCUT2D eigenvalue weighted by molar-refractivity contribution is 0.0685. The Morgan fingerprint density at radius 3 is 2.53 bits per heavy atom. The summed E-state index contributed by atoms with van der Waals surface area (Å²) in [5, 5.41) is 9.16. The minimum Gasteiger partial charge on any atom is -0.477 e. The molecule has 1 aromatic heterocycles. The number of hydrogen-bond donors (Lipinski definition) is 1. The highest BCUT2D eigenvalue weighted by Gasteiger charge is 2.13. The zero-order valence-electron chi connectivity index (χ0n) is 9.97. The first kappa shape index (κ1) is 11.5. The standard InChI is InChI=1S/C14H15NO2/c1-10-5-3-4-6-12(10)9-15-8-7-11(2)13(15)14(16)17/h3-8H,9H2,1-2H3,(H,16,17). The van der Waals surface area contributed by atoms with Crippen molar-refractivity contribution in [3.63, 3.8) is 0 Å². The lowest BCUT2D eigenvalue weighted by atomic mass is 10.1. The molecule has 1 N–H and O–H groups in total. The summed E-state index contributed by atoms with van der Waals surface area (Å²) in [7, 11) is 0. The van der Waals surface area contributed by atoms with Crippen LogP contribution in [0.2, 0.25) is 0 Å². The molecule has 2 aromatic rings. The Labute approximate surface area is 100 Å². The second-order valence-electron chi connectivity index (χ2n) is 4.21. The van der Waals surface area contributed by atoms with Gasteiger partial charge in [-0.3, -0.25) is 0 Å². The monoisotopic (exact) mass is 229 g/mol. The second-order valence-corrected chi connectivity index (χ2v) is 4.21. The molecule has 3 nitrogen and oxygen atoms in total. The highest BCUT2D eigenvalue weighted by Crippen LogP contribution is 2.15. The van der Waals surface area contributed by atoms with Gasteiger partial charge in [0.15, 0.2) is 0 Å². The van der Waals surface area contributed by atoms with Crippen LogP contribution in [-0.4, -0.2) is 15.6 Å². The van der Waals surface area contributed by atoms with Crippen LogP contribution in [0.15, 0.2) is 36.5 Å². The van der Waals surface area contributed by atoms with E-state index in [1.165, 1.54) is 5.56 Å². The predicted molar refractivity (Wildman–Crippen MR) is 66.4 cm³/mol. The summed E-state index contributed by atoms with van der Waals surface area (Å²) < 4.78 is 1.78. The number of carboxylic acids is 1. The maximum absolute atomic E-state index is 11.2. The van der Waals surface area contributed by atoms with Crippen molar-refractivity contribution < 1.29 is 9.90 Å². The highest BCUT2D eigenvalue weighted by molar-refractivity contribution is 5.87. The van der Waals surface area contributed by atoms with Crippen LogP contribution in [0.4, 0.5) is 0 Å². The zero-order chi connectivity index (χ0) is 12.4. The zero-order valence-corrected chi connectivity index (χ0v) is 9.97. The van der Waals surface area contributed by atoms with Crippen molar-refractivity contribution in [1.82, 2.24) is 4.57 Å². The molecular weight excluding hydrogens is 214 g/mol. The molecule has 0 saturated heterocycles. The average Bonchev–Trinajstić information content (AvgIpc) is 2.63. The largest absolute Gasteiger partial charge is 0.477 e. The first-order valence-electron chi connectivity index (χ1n) is 5.53. The highest BCUT2D eigenvalue weighted by atomic mass is 16.4. The molecule has 3 heteroatoms. The average molecular weight is 229 g/mol. The van der Waals surface area contributed by atoms with Crippen molar-refractivity contribution in [1.29, 1.82) is 0 Å². The lowest BCUT2D eigenvalue weighted by Gasteiger charge is -2.09. The van der Waals surface area contributed by atoms with Gasteiger partial charge in [-0.25, -0.2) is 4.79 Å². The molecule has 0 aliphatic carbocycles. The summed E-state index contributed by atoms with van der Waals surface area (Å²) in [5.74, 6) is -0.874. The number of aromatic nitrogens is 1. The summed E-state index contributed by atoms with van der Waals surface area (Å²) in [6.45, 7) is 4.45. The summed E-state index contributed by atoms with van der Waals surface area (Å²) in [6, 6.07) is 9.85. The normalized spacial score (nSPS) is 10.5. The van der Waals surface area contributed by atoms with Crippen molar-refractivity contribution in [2.45, 2.75) is 20.4 Å². The number of rotatable bonds is 3. The van der Waals surface area contributed by atoms with Crippen LogP contribution < -0.4 is 0 Å². The van der Waals surface area contributed by atoms with Gasteiger partial charge in [0.25, 0.3) is 0 Å². The molecule has 0 aliphatic heterocycles. The van der Waals surface area contributed by atoms with Crippen LogP contribution in [0.5, 0.6) is 0 Å². The Balaban J connectivity index is 2.37. The Morgan fingerprint density at radius 2 is 1.88 bits per heavy atom. The number of aromatic carboxylic acids is 1. The molecule has 88 valence electrons. The van der Waals surface area contributed by atoms with E-state index in [1.807, 2.05) is 50.4 Å². The van der Waals surface area contributed by atoms with E-state index in [1.54, 1.807) is 4.57 Å². The quantitative estimate of drug-likeness (QED) is 0.879. The van der Waals surface area contributed by atoms with Crippen LogP contribution >= 0.6 is 0 Å². The first-order chi connectivity index (χ1) is 8.09. The van der Waals surface area contributed by atoms with Crippen molar-refractivity contribution in [2.75, 3.05) is 0 Å². The van der Waals surface area contributed by atoms with Crippen molar-refractivity contribution >= 4 is 5.97 Å². The van der Waals surface area contributed by atoms with E-state index in [4.69, 9.17) is 5.11 Å². The van der Waals surface area contributed by atoms with E-state index >= 15 is 0 Å². The van der Waals surface area contributed by atoms with Gasteiger partial charge in [0.1, 0.15) is 5.69 Å². The molecule has 0 amide bonds. The van der Waals surface area contributed by atoms with Gasteiger partial charge in [-0.1, -0.05) is 24.3 Å². The first-order valence-corrected chi connectivity index (χ1v) is 5.53. The molecule has 1 aromatic carbocycles. The number of nitrogens with zero attached hydrogens (tertiary/aromatic N) is 1. The van der Waals surface area contributed by atoms with Crippen LogP contribution in [0.25, 0.3) is 0 Å². The molecule has 0 radical (unpaired) electrons. The van der Waals surface area contributed by atoms with Crippen molar-refractivity contribution in [3.05, 3.63) is 58.9 Å². The third kappa shape index (κ3) is 2.23. The molecule has 0 saturated carbocycles. The van der Waals surface area contributed by atoms with Crippen molar-refractivity contribution in [2.24, 2.45) is 0 Å². The Bertz CT molecular complexity index is 555. The number of aryl methyl sites for hydroxylation is 2. The molecule has 17 heavy (non-hydrogen) atoms. The van der Waals surface area contributed by atoms with Gasteiger partial charge in [0, 0.05) is 12.7 Å². The van der Waals surface area contributed by atoms with E-state index < -0.39 is 5.97 Å². The van der Waals surface area contributed by atoms with Crippen molar-refractivity contribution in [3.8, 4) is 0 Å². The molecule has 1 heterocycles. The second kappa shape index (κ2) is 4.45. The number of carbonyl (C=O) groups is 1. The van der Waals surface area contributed by atoms with E-state index in [0.717, 1.165) is 11.1 Å². The van der Waals surface area contributed by atoms with Gasteiger partial charge in [0.05, 0.1) is 0 Å². The van der Waals surface area contributed by atoms with E-state index in [-0.39, 0.29) is 0 Å². The molecule has 0 atom stereocenters. The fraction of sp³-hybridized carbons (Fsp3) is 0.214. The Kier molecular flexibility index (Phi) is 3.00. The number of hydrogen-bond acceptors (Lipinski definition) is 1. The smallest absolute Gasteiger partial charge is 0.352 e. The van der Waals surface area contributed by atoms with E-state index in [9.17, 15) is 4.79 Å². The SMILES string of the molecule is Cc1ccccc1Cn1ccc(C)c1C(=O)O. The predicted octanol–water partition coefficient (Wildman–Crippen LogP) is 2.85. The van der Waals surface area contributed by atoms with Gasteiger partial charge in [0.2, 0.25) is 0 Å². The summed E-state index contributed by atoms with van der Waals surface area (Å²) in [5.41, 5.74) is 3.49. The maximum Gasteiger partial charge on any atom is 0.352 e. The lowest BCUT2D eigenvalue weighted by Crippen LogP contribution is -2.10. The van der Waals surface area contributed by atoms with Gasteiger partial charge in [-0.15, -0.1) is 0 Å². The topological polar surface area (TPSA) is 42.2 Å². The molecule has 0 fully saturated rings. The summed E-state index contributed by atoms with van der Waals surface area (Å²) >= 11 is 0. The number of benzene rings is 1. The van der Waals surface area contributed by atoms with E-state index in [2.05, 4.69) is 0 Å². The van der Waals surface area contributed by atoms with Gasteiger partial charge >= 0.3 is 5.97 Å². The molecule has 0 aliphatic rings. The summed E-state index contributed by atoms with van der Waals surface area (Å²) in [6.07, 6.45) is 1.82. The minimum absolute atomic E-state index is 0.369.